The monoisotopic (exact) mass is 331 g/mol. The van der Waals surface area contributed by atoms with Crippen molar-refractivity contribution in [2.75, 3.05) is 43.9 Å². The van der Waals surface area contributed by atoms with Gasteiger partial charge < -0.3 is 15.4 Å². The largest absolute Gasteiger partial charge is 0.497 e. The van der Waals surface area contributed by atoms with Crippen LogP contribution in [-0.4, -0.2) is 38.2 Å². The lowest BCUT2D eigenvalue weighted by Crippen LogP contribution is -2.46. The number of ether oxygens (including phenoxy) is 1. The molecule has 0 spiro atoms. The summed E-state index contributed by atoms with van der Waals surface area (Å²) >= 11 is 5.98. The molecule has 1 aliphatic heterocycles. The van der Waals surface area contributed by atoms with Crippen LogP contribution in [-0.2, 0) is 6.54 Å². The molecular formula is C18H22ClN3O. The molecule has 0 aromatic heterocycles. The molecule has 122 valence electrons. The van der Waals surface area contributed by atoms with Gasteiger partial charge in [0.2, 0.25) is 0 Å². The van der Waals surface area contributed by atoms with Gasteiger partial charge in [0.15, 0.2) is 0 Å². The lowest BCUT2D eigenvalue weighted by Gasteiger charge is -2.36. The summed E-state index contributed by atoms with van der Waals surface area (Å²) in [5.74, 6) is 0.900. The Morgan fingerprint density at radius 1 is 1.04 bits per heavy atom. The predicted molar refractivity (Wildman–Crippen MR) is 96.3 cm³/mol. The third kappa shape index (κ3) is 3.89. The molecule has 0 atom stereocenters. The SMILES string of the molecule is COc1ccc(CN2CCN(c3ccc(Cl)cc3N)CC2)cc1. The van der Waals surface area contributed by atoms with E-state index < -0.39 is 0 Å². The number of halogens is 1. The molecule has 1 saturated heterocycles. The lowest BCUT2D eigenvalue weighted by molar-refractivity contribution is 0.250. The van der Waals surface area contributed by atoms with E-state index in [9.17, 15) is 0 Å². The number of hydrogen-bond acceptors (Lipinski definition) is 4. The molecule has 2 aromatic rings. The van der Waals surface area contributed by atoms with Gasteiger partial charge in [0.05, 0.1) is 18.5 Å². The van der Waals surface area contributed by atoms with Crippen molar-refractivity contribution in [3.63, 3.8) is 0 Å². The maximum atomic E-state index is 6.09. The standard InChI is InChI=1S/C18H22ClN3O/c1-23-16-5-2-14(3-6-16)13-21-8-10-22(11-9-21)18-7-4-15(19)12-17(18)20/h2-7,12H,8-11,13,20H2,1H3. The number of hydrogen-bond donors (Lipinski definition) is 1. The fraction of sp³-hybridized carbons (Fsp3) is 0.333. The summed E-state index contributed by atoms with van der Waals surface area (Å²) in [5.41, 5.74) is 9.23. The predicted octanol–water partition coefficient (Wildman–Crippen LogP) is 3.25. The highest BCUT2D eigenvalue weighted by molar-refractivity contribution is 6.31. The number of methoxy groups -OCH3 is 1. The number of nitrogen functional groups attached to an aromatic ring is 1. The van der Waals surface area contributed by atoms with Crippen LogP contribution in [0.1, 0.15) is 5.56 Å². The van der Waals surface area contributed by atoms with Crippen molar-refractivity contribution in [3.05, 3.63) is 53.1 Å². The van der Waals surface area contributed by atoms with E-state index in [-0.39, 0.29) is 0 Å². The average molecular weight is 332 g/mol. The maximum absolute atomic E-state index is 6.09. The Hall–Kier alpha value is -1.91. The smallest absolute Gasteiger partial charge is 0.118 e. The van der Waals surface area contributed by atoms with Crippen LogP contribution in [0.25, 0.3) is 0 Å². The molecule has 1 aliphatic rings. The topological polar surface area (TPSA) is 41.7 Å². The minimum atomic E-state index is 0.685. The van der Waals surface area contributed by atoms with E-state index in [4.69, 9.17) is 22.1 Å². The molecule has 5 heteroatoms. The summed E-state index contributed by atoms with van der Waals surface area (Å²) in [6, 6.07) is 14.0. The maximum Gasteiger partial charge on any atom is 0.118 e. The van der Waals surface area contributed by atoms with Crippen LogP contribution in [0.4, 0.5) is 11.4 Å². The molecule has 0 radical (unpaired) electrons. The van der Waals surface area contributed by atoms with E-state index in [0.717, 1.165) is 49.8 Å². The molecule has 0 unspecified atom stereocenters. The molecule has 1 heterocycles. The summed E-state index contributed by atoms with van der Waals surface area (Å²) < 4.78 is 5.20. The van der Waals surface area contributed by atoms with Crippen molar-refractivity contribution in [2.24, 2.45) is 0 Å². The second-order valence-electron chi connectivity index (χ2n) is 5.81. The van der Waals surface area contributed by atoms with Crippen molar-refractivity contribution in [1.29, 1.82) is 0 Å². The molecule has 0 bridgehead atoms. The number of nitrogens with two attached hydrogens (primary N) is 1. The van der Waals surface area contributed by atoms with Gasteiger partial charge in [0, 0.05) is 37.7 Å². The van der Waals surface area contributed by atoms with Crippen LogP contribution in [0.3, 0.4) is 0 Å². The van der Waals surface area contributed by atoms with E-state index in [1.54, 1.807) is 7.11 Å². The first-order valence-electron chi connectivity index (χ1n) is 7.81. The summed E-state index contributed by atoms with van der Waals surface area (Å²) in [6.07, 6.45) is 0. The first kappa shape index (κ1) is 16.0. The van der Waals surface area contributed by atoms with E-state index in [1.807, 2.05) is 30.3 Å². The van der Waals surface area contributed by atoms with E-state index >= 15 is 0 Å². The zero-order valence-corrected chi connectivity index (χ0v) is 14.1. The zero-order valence-electron chi connectivity index (χ0n) is 13.3. The van der Waals surface area contributed by atoms with Gasteiger partial charge in [0.25, 0.3) is 0 Å². The van der Waals surface area contributed by atoms with Gasteiger partial charge in [-0.25, -0.2) is 0 Å². The van der Waals surface area contributed by atoms with Crippen molar-refractivity contribution < 1.29 is 4.74 Å². The van der Waals surface area contributed by atoms with E-state index in [1.165, 1.54) is 5.56 Å². The third-order valence-corrected chi connectivity index (χ3v) is 4.50. The molecule has 3 rings (SSSR count). The summed E-state index contributed by atoms with van der Waals surface area (Å²) in [4.78, 5) is 4.79. The van der Waals surface area contributed by atoms with Crippen LogP contribution < -0.4 is 15.4 Å². The Balaban J connectivity index is 1.57. The van der Waals surface area contributed by atoms with E-state index in [2.05, 4.69) is 21.9 Å². The van der Waals surface area contributed by atoms with Gasteiger partial charge >= 0.3 is 0 Å². The number of rotatable bonds is 4. The molecule has 4 nitrogen and oxygen atoms in total. The average Bonchev–Trinajstić information content (AvgIpc) is 2.57. The fourth-order valence-corrected chi connectivity index (χ4v) is 3.13. The summed E-state index contributed by atoms with van der Waals surface area (Å²) in [5, 5.41) is 0.685. The van der Waals surface area contributed by atoms with Gasteiger partial charge in [-0.05, 0) is 35.9 Å². The first-order valence-corrected chi connectivity index (χ1v) is 8.19. The molecule has 1 fully saturated rings. The lowest BCUT2D eigenvalue weighted by atomic mass is 10.1. The molecule has 2 aromatic carbocycles. The second kappa shape index (κ2) is 7.11. The molecule has 2 N–H and O–H groups in total. The van der Waals surface area contributed by atoms with Gasteiger partial charge in [-0.1, -0.05) is 23.7 Å². The Kier molecular flexibility index (Phi) is 4.94. The van der Waals surface area contributed by atoms with Crippen LogP contribution >= 0.6 is 11.6 Å². The third-order valence-electron chi connectivity index (χ3n) is 4.27. The summed E-state index contributed by atoms with van der Waals surface area (Å²) in [7, 11) is 1.69. The highest BCUT2D eigenvalue weighted by Crippen LogP contribution is 2.27. The minimum Gasteiger partial charge on any atom is -0.497 e. The van der Waals surface area contributed by atoms with Crippen molar-refractivity contribution >= 4 is 23.0 Å². The van der Waals surface area contributed by atoms with Crippen molar-refractivity contribution in [3.8, 4) is 5.75 Å². The minimum absolute atomic E-state index is 0.685. The first-order chi connectivity index (χ1) is 11.2. The van der Waals surface area contributed by atoms with E-state index in [0.29, 0.717) is 5.02 Å². The number of nitrogens with zero attached hydrogens (tertiary/aromatic N) is 2. The molecule has 0 saturated carbocycles. The summed E-state index contributed by atoms with van der Waals surface area (Å²) in [6.45, 7) is 4.96. The van der Waals surface area contributed by atoms with Gasteiger partial charge in [0.1, 0.15) is 5.75 Å². The Morgan fingerprint density at radius 2 is 1.74 bits per heavy atom. The quantitative estimate of drug-likeness (QED) is 0.873. The molecular weight excluding hydrogens is 310 g/mol. The number of benzene rings is 2. The van der Waals surface area contributed by atoms with Gasteiger partial charge in [-0.3, -0.25) is 4.90 Å². The Morgan fingerprint density at radius 3 is 2.35 bits per heavy atom. The normalized spacial score (nSPS) is 15.7. The van der Waals surface area contributed by atoms with Gasteiger partial charge in [-0.2, -0.15) is 0 Å². The Labute approximate surface area is 142 Å². The molecule has 0 amide bonds. The van der Waals surface area contributed by atoms with Crippen LogP contribution in [0.5, 0.6) is 5.75 Å². The van der Waals surface area contributed by atoms with Gasteiger partial charge in [-0.15, -0.1) is 0 Å². The highest BCUT2D eigenvalue weighted by atomic mass is 35.5. The van der Waals surface area contributed by atoms with Crippen LogP contribution in [0, 0.1) is 0 Å². The van der Waals surface area contributed by atoms with Crippen molar-refractivity contribution in [1.82, 2.24) is 4.90 Å². The zero-order chi connectivity index (χ0) is 16.2. The van der Waals surface area contributed by atoms with Crippen LogP contribution in [0.15, 0.2) is 42.5 Å². The Bertz CT molecular complexity index is 652. The van der Waals surface area contributed by atoms with Crippen molar-refractivity contribution in [2.45, 2.75) is 6.54 Å². The number of piperazine rings is 1. The highest BCUT2D eigenvalue weighted by Gasteiger charge is 2.18. The molecule has 23 heavy (non-hydrogen) atoms. The fourth-order valence-electron chi connectivity index (χ4n) is 2.95. The van der Waals surface area contributed by atoms with Crippen LogP contribution in [0.2, 0.25) is 5.02 Å². The molecule has 0 aliphatic carbocycles. The number of anilines is 2. The second-order valence-corrected chi connectivity index (χ2v) is 6.25.